The minimum Gasteiger partial charge on any atom is -0.490 e. The van der Waals surface area contributed by atoms with Crippen LogP contribution >= 0.6 is 0 Å². The van der Waals surface area contributed by atoms with Gasteiger partial charge in [0.25, 0.3) is 0 Å². The Morgan fingerprint density at radius 1 is 1.05 bits per heavy atom. The second-order valence-electron chi connectivity index (χ2n) is 9.93. The molecule has 2 aliphatic rings. The van der Waals surface area contributed by atoms with Gasteiger partial charge in [-0.3, -0.25) is 14.7 Å². The van der Waals surface area contributed by atoms with Crippen molar-refractivity contribution in [3.05, 3.63) is 84.0 Å². The summed E-state index contributed by atoms with van der Waals surface area (Å²) in [6, 6.07) is 13.3. The third kappa shape index (κ3) is 5.86. The predicted octanol–water partition coefficient (Wildman–Crippen LogP) is 3.28. The molecular formula is C30H28N6O8. The molecule has 44 heavy (non-hydrogen) atoms. The molecule has 2 amide bonds. The second-order valence-corrected chi connectivity index (χ2v) is 9.93. The number of benzene rings is 2. The standard InChI is InChI=1S/C30H28N6O8/c1-2-31-30(40)35-26-23-27(33-15-32-26)36(16-34-23)28-25-24(43-22(44-25)11-9-17-6-4-3-5-7-17)21(42-28)14-41-20-12-18(13-37)8-10-19(20)29(38)39/h3-13,15-16,21-22,24-25,28H,2,14H2,1H3,(H,38,39)(H2,31,32,33,35,40)/b11-9+/t21?,22-,24?,25?,28?/m0/s1. The first-order valence-electron chi connectivity index (χ1n) is 13.8. The van der Waals surface area contributed by atoms with Gasteiger partial charge in [-0.1, -0.05) is 42.5 Å². The molecule has 0 saturated carbocycles. The zero-order valence-electron chi connectivity index (χ0n) is 23.4. The van der Waals surface area contributed by atoms with Gasteiger partial charge in [-0.25, -0.2) is 24.5 Å². The van der Waals surface area contributed by atoms with Gasteiger partial charge in [0.2, 0.25) is 0 Å². The summed E-state index contributed by atoms with van der Waals surface area (Å²) < 4.78 is 26.5. The number of hydrogen-bond donors (Lipinski definition) is 3. The van der Waals surface area contributed by atoms with Gasteiger partial charge >= 0.3 is 12.0 Å². The minimum absolute atomic E-state index is 0.0204. The molecule has 2 aromatic carbocycles. The molecule has 14 nitrogen and oxygen atoms in total. The molecule has 2 fully saturated rings. The van der Waals surface area contributed by atoms with E-state index in [2.05, 4.69) is 25.6 Å². The molecular weight excluding hydrogens is 572 g/mol. The molecule has 4 aromatic rings. The number of ether oxygens (including phenoxy) is 4. The number of rotatable bonds is 10. The quantitative estimate of drug-likeness (QED) is 0.228. The first kappa shape index (κ1) is 28.9. The van der Waals surface area contributed by atoms with Crippen molar-refractivity contribution in [3.8, 4) is 5.75 Å². The van der Waals surface area contributed by atoms with Gasteiger partial charge in [-0.2, -0.15) is 0 Å². The highest BCUT2D eigenvalue weighted by Crippen LogP contribution is 2.41. The summed E-state index contributed by atoms with van der Waals surface area (Å²) in [5.74, 6) is -0.960. The number of nitrogens with zero attached hydrogens (tertiary/aromatic N) is 4. The lowest BCUT2D eigenvalue weighted by Crippen LogP contribution is -2.33. The number of aldehydes is 1. The Kier molecular flexibility index (Phi) is 8.27. The fraction of sp³-hybridized carbons (Fsp3) is 0.267. The predicted molar refractivity (Wildman–Crippen MR) is 155 cm³/mol. The van der Waals surface area contributed by atoms with E-state index in [9.17, 15) is 19.5 Å². The molecule has 0 bridgehead atoms. The van der Waals surface area contributed by atoms with Gasteiger partial charge in [-0.05, 0) is 30.7 Å². The highest BCUT2D eigenvalue weighted by atomic mass is 16.8. The smallest absolute Gasteiger partial charge is 0.339 e. The lowest BCUT2D eigenvalue weighted by molar-refractivity contribution is -0.131. The van der Waals surface area contributed by atoms with Gasteiger partial charge in [0.15, 0.2) is 29.5 Å². The second kappa shape index (κ2) is 12.6. The maximum absolute atomic E-state index is 12.2. The topological polar surface area (TPSA) is 176 Å². The number of fused-ring (bicyclic) bond motifs is 2. The van der Waals surface area contributed by atoms with Gasteiger partial charge in [0, 0.05) is 12.1 Å². The number of carbonyl (C=O) groups excluding carboxylic acids is 2. The zero-order valence-corrected chi connectivity index (χ0v) is 23.4. The van der Waals surface area contributed by atoms with Crippen LogP contribution in [0.2, 0.25) is 0 Å². The number of carboxylic acids is 1. The van der Waals surface area contributed by atoms with Crippen molar-refractivity contribution in [1.82, 2.24) is 24.8 Å². The van der Waals surface area contributed by atoms with Crippen LogP contribution in [0.5, 0.6) is 5.75 Å². The number of hydrogen-bond acceptors (Lipinski definition) is 10. The van der Waals surface area contributed by atoms with Crippen molar-refractivity contribution >= 4 is 41.3 Å². The average molecular weight is 601 g/mol. The van der Waals surface area contributed by atoms with Crippen LogP contribution in [0, 0.1) is 0 Å². The van der Waals surface area contributed by atoms with Crippen LogP contribution in [0.15, 0.2) is 67.3 Å². The summed E-state index contributed by atoms with van der Waals surface area (Å²) in [7, 11) is 0. The summed E-state index contributed by atoms with van der Waals surface area (Å²) in [5, 5.41) is 14.9. The molecule has 226 valence electrons. The summed E-state index contributed by atoms with van der Waals surface area (Å²) >= 11 is 0. The summed E-state index contributed by atoms with van der Waals surface area (Å²) in [6.07, 6.45) is 3.63. The van der Waals surface area contributed by atoms with Gasteiger partial charge in [-0.15, -0.1) is 0 Å². The summed E-state index contributed by atoms with van der Waals surface area (Å²) in [4.78, 5) is 48.2. The van der Waals surface area contributed by atoms with Crippen molar-refractivity contribution in [2.45, 2.75) is 37.8 Å². The third-order valence-corrected chi connectivity index (χ3v) is 7.09. The number of amides is 2. The molecule has 2 saturated heterocycles. The van der Waals surface area contributed by atoms with E-state index in [1.165, 1.54) is 30.9 Å². The first-order chi connectivity index (χ1) is 21.4. The Labute approximate surface area is 250 Å². The SMILES string of the molecule is CCNC(=O)Nc1ncnc2c1ncn2C1OC(COc2cc(C=O)ccc2C(=O)O)C2O[C@H](/C=C/c3ccccc3)OC21. The van der Waals surface area contributed by atoms with Gasteiger partial charge in [0.1, 0.15) is 48.8 Å². The molecule has 2 aromatic heterocycles. The lowest BCUT2D eigenvalue weighted by Gasteiger charge is -2.21. The van der Waals surface area contributed by atoms with Crippen molar-refractivity contribution in [3.63, 3.8) is 0 Å². The van der Waals surface area contributed by atoms with Crippen molar-refractivity contribution < 1.29 is 38.4 Å². The van der Waals surface area contributed by atoms with Crippen LogP contribution in [0.4, 0.5) is 10.6 Å². The Morgan fingerprint density at radius 3 is 2.64 bits per heavy atom. The highest BCUT2D eigenvalue weighted by Gasteiger charge is 2.53. The summed E-state index contributed by atoms with van der Waals surface area (Å²) in [5.41, 5.74) is 1.86. The average Bonchev–Trinajstić information content (AvgIpc) is 3.74. The van der Waals surface area contributed by atoms with Crippen LogP contribution in [-0.2, 0) is 14.2 Å². The minimum atomic E-state index is -1.20. The van der Waals surface area contributed by atoms with E-state index in [-0.39, 0.29) is 29.3 Å². The normalized spacial score (nSPS) is 22.6. The number of carboxylic acid groups (broad SMARTS) is 1. The zero-order chi connectivity index (χ0) is 30.6. The molecule has 3 N–H and O–H groups in total. The Hall–Kier alpha value is -5.18. The monoisotopic (exact) mass is 600 g/mol. The van der Waals surface area contributed by atoms with Crippen molar-refractivity contribution in [2.75, 3.05) is 18.5 Å². The van der Waals surface area contributed by atoms with E-state index in [4.69, 9.17) is 18.9 Å². The lowest BCUT2D eigenvalue weighted by atomic mass is 10.1. The summed E-state index contributed by atoms with van der Waals surface area (Å²) in [6.45, 7) is 2.12. The molecule has 14 heteroatoms. The van der Waals surface area contributed by atoms with Crippen molar-refractivity contribution in [1.29, 1.82) is 0 Å². The molecule has 6 rings (SSSR count). The molecule has 4 unspecified atom stereocenters. The fourth-order valence-corrected chi connectivity index (χ4v) is 5.08. The van der Waals surface area contributed by atoms with Crippen LogP contribution < -0.4 is 15.4 Å². The van der Waals surface area contributed by atoms with E-state index in [0.717, 1.165) is 5.56 Å². The van der Waals surface area contributed by atoms with E-state index in [1.54, 1.807) is 17.6 Å². The number of carbonyl (C=O) groups is 3. The van der Waals surface area contributed by atoms with E-state index < -0.39 is 42.8 Å². The largest absolute Gasteiger partial charge is 0.490 e. The highest BCUT2D eigenvalue weighted by molar-refractivity contribution is 5.96. The molecule has 2 aliphatic heterocycles. The number of aromatic carboxylic acids is 1. The Morgan fingerprint density at radius 2 is 1.86 bits per heavy atom. The molecule has 0 radical (unpaired) electrons. The molecule has 0 spiro atoms. The number of anilines is 1. The molecule has 4 heterocycles. The number of nitrogens with one attached hydrogen (secondary N) is 2. The van der Waals surface area contributed by atoms with Crippen molar-refractivity contribution in [2.24, 2.45) is 0 Å². The van der Waals surface area contributed by atoms with Crippen LogP contribution in [0.25, 0.3) is 17.2 Å². The Bertz CT molecular complexity index is 1710. The van der Waals surface area contributed by atoms with E-state index >= 15 is 0 Å². The Balaban J connectivity index is 1.29. The van der Waals surface area contributed by atoms with Crippen LogP contribution in [0.3, 0.4) is 0 Å². The fourth-order valence-electron chi connectivity index (χ4n) is 5.08. The maximum Gasteiger partial charge on any atom is 0.339 e. The first-order valence-corrected chi connectivity index (χ1v) is 13.8. The number of aromatic nitrogens is 4. The third-order valence-electron chi connectivity index (χ3n) is 7.09. The van der Waals surface area contributed by atoms with Gasteiger partial charge in [0.05, 0.1) is 6.33 Å². The number of imidazole rings is 1. The maximum atomic E-state index is 12.2. The van der Waals surface area contributed by atoms with Gasteiger partial charge < -0.3 is 29.4 Å². The van der Waals surface area contributed by atoms with E-state index in [0.29, 0.717) is 24.0 Å². The number of urea groups is 1. The van der Waals surface area contributed by atoms with Crippen LogP contribution in [0.1, 0.15) is 39.4 Å². The molecule has 5 atom stereocenters. The van der Waals surface area contributed by atoms with Crippen LogP contribution in [-0.4, -0.2) is 80.7 Å². The van der Waals surface area contributed by atoms with E-state index in [1.807, 2.05) is 36.4 Å². The molecule has 0 aliphatic carbocycles.